The van der Waals surface area contributed by atoms with Crippen molar-refractivity contribution in [2.75, 3.05) is 6.54 Å². The molecule has 0 fully saturated rings. The van der Waals surface area contributed by atoms with Crippen LogP contribution in [-0.4, -0.2) is 11.5 Å². The van der Waals surface area contributed by atoms with Crippen LogP contribution in [-0.2, 0) is 6.54 Å². The Bertz CT molecular complexity index is 336. The summed E-state index contributed by atoms with van der Waals surface area (Å²) in [5.74, 6) is 1.73. The van der Waals surface area contributed by atoms with Gasteiger partial charge in [0.25, 0.3) is 0 Å². The molecule has 104 valence electrons. The van der Waals surface area contributed by atoms with Crippen molar-refractivity contribution in [1.29, 1.82) is 0 Å². The average Bonchev–Trinajstić information content (AvgIpc) is 2.58. The van der Waals surface area contributed by atoms with Crippen LogP contribution in [0.15, 0.2) is 4.42 Å². The van der Waals surface area contributed by atoms with E-state index in [1.54, 1.807) is 0 Å². The van der Waals surface area contributed by atoms with Crippen molar-refractivity contribution in [3.63, 3.8) is 0 Å². The first-order valence-corrected chi connectivity index (χ1v) is 7.08. The van der Waals surface area contributed by atoms with Gasteiger partial charge in [-0.25, -0.2) is 4.98 Å². The lowest BCUT2D eigenvalue weighted by Crippen LogP contribution is -2.29. The molecule has 1 heterocycles. The van der Waals surface area contributed by atoms with Gasteiger partial charge in [0.05, 0.1) is 12.2 Å². The third-order valence-corrected chi connectivity index (χ3v) is 3.41. The Morgan fingerprint density at radius 3 is 2.50 bits per heavy atom. The predicted molar refractivity (Wildman–Crippen MR) is 75.6 cm³/mol. The highest BCUT2D eigenvalue weighted by Crippen LogP contribution is 2.22. The number of hydrogen-bond donors (Lipinski definition) is 1. The van der Waals surface area contributed by atoms with Crippen molar-refractivity contribution in [2.45, 2.75) is 66.8 Å². The van der Waals surface area contributed by atoms with Gasteiger partial charge in [0.2, 0.25) is 5.89 Å². The molecular weight excluding hydrogens is 224 g/mol. The van der Waals surface area contributed by atoms with E-state index < -0.39 is 0 Å². The molecule has 0 aliphatic carbocycles. The molecule has 0 radical (unpaired) electrons. The second-order valence-electron chi connectivity index (χ2n) is 5.97. The van der Waals surface area contributed by atoms with Crippen molar-refractivity contribution in [2.24, 2.45) is 5.41 Å². The lowest BCUT2D eigenvalue weighted by Gasteiger charge is -2.24. The predicted octanol–water partition coefficient (Wildman–Crippen LogP) is 3.99. The van der Waals surface area contributed by atoms with Crippen LogP contribution in [0, 0.1) is 19.3 Å². The van der Waals surface area contributed by atoms with Crippen LogP contribution in [0.1, 0.15) is 63.8 Å². The molecule has 0 unspecified atom stereocenters. The molecule has 0 saturated carbocycles. The Hall–Kier alpha value is -0.830. The van der Waals surface area contributed by atoms with E-state index in [1.165, 1.54) is 25.7 Å². The number of hydrogen-bond acceptors (Lipinski definition) is 3. The number of nitrogens with one attached hydrogen (secondary N) is 1. The minimum absolute atomic E-state index is 0.353. The third kappa shape index (κ3) is 5.21. The van der Waals surface area contributed by atoms with Crippen molar-refractivity contribution in [1.82, 2.24) is 10.3 Å². The molecule has 1 aromatic rings. The zero-order valence-electron chi connectivity index (χ0n) is 12.6. The summed E-state index contributed by atoms with van der Waals surface area (Å²) >= 11 is 0. The van der Waals surface area contributed by atoms with Crippen molar-refractivity contribution in [3.8, 4) is 0 Å². The second kappa shape index (κ2) is 6.93. The van der Waals surface area contributed by atoms with Gasteiger partial charge in [-0.15, -0.1) is 0 Å². The summed E-state index contributed by atoms with van der Waals surface area (Å²) < 4.78 is 5.55. The van der Waals surface area contributed by atoms with Crippen molar-refractivity contribution in [3.05, 3.63) is 17.3 Å². The summed E-state index contributed by atoms with van der Waals surface area (Å²) in [4.78, 5) is 4.38. The molecule has 3 nitrogen and oxygen atoms in total. The maximum absolute atomic E-state index is 5.55. The molecule has 1 rings (SSSR count). The lowest BCUT2D eigenvalue weighted by molar-refractivity contribution is 0.295. The second-order valence-corrected chi connectivity index (χ2v) is 5.97. The van der Waals surface area contributed by atoms with Crippen molar-refractivity contribution < 1.29 is 4.42 Å². The maximum Gasteiger partial charge on any atom is 0.208 e. The van der Waals surface area contributed by atoms with Crippen molar-refractivity contribution >= 4 is 0 Å². The molecule has 0 aliphatic heterocycles. The smallest absolute Gasteiger partial charge is 0.208 e. The number of oxazole rings is 1. The molecule has 18 heavy (non-hydrogen) atoms. The normalized spacial score (nSPS) is 12.1. The molecule has 0 spiro atoms. The molecule has 1 aromatic heterocycles. The Kier molecular flexibility index (Phi) is 5.86. The fourth-order valence-electron chi connectivity index (χ4n) is 2.06. The van der Waals surface area contributed by atoms with E-state index in [9.17, 15) is 0 Å². The summed E-state index contributed by atoms with van der Waals surface area (Å²) in [7, 11) is 0. The van der Waals surface area contributed by atoms with Gasteiger partial charge in [-0.1, -0.05) is 40.0 Å². The summed E-state index contributed by atoms with van der Waals surface area (Å²) in [6.45, 7) is 12.6. The van der Waals surface area contributed by atoms with Gasteiger partial charge < -0.3 is 9.73 Å². The summed E-state index contributed by atoms with van der Waals surface area (Å²) in [6.07, 6.45) is 5.22. The highest BCUT2D eigenvalue weighted by Gasteiger charge is 2.17. The van der Waals surface area contributed by atoms with Gasteiger partial charge in [0.1, 0.15) is 5.76 Å². The first-order chi connectivity index (χ1) is 8.44. The summed E-state index contributed by atoms with van der Waals surface area (Å²) in [5.41, 5.74) is 1.35. The minimum Gasteiger partial charge on any atom is -0.444 e. The number of rotatable bonds is 8. The molecular formula is C15H28N2O. The zero-order chi connectivity index (χ0) is 13.6. The van der Waals surface area contributed by atoms with E-state index in [-0.39, 0.29) is 0 Å². The van der Waals surface area contributed by atoms with Gasteiger partial charge >= 0.3 is 0 Å². The van der Waals surface area contributed by atoms with E-state index >= 15 is 0 Å². The van der Waals surface area contributed by atoms with Gasteiger partial charge in [-0.3, -0.25) is 0 Å². The van der Waals surface area contributed by atoms with Crippen LogP contribution in [0.2, 0.25) is 0 Å². The fraction of sp³-hybridized carbons (Fsp3) is 0.800. The maximum atomic E-state index is 5.55. The van der Waals surface area contributed by atoms with Gasteiger partial charge in [0.15, 0.2) is 0 Å². The van der Waals surface area contributed by atoms with Gasteiger partial charge in [0, 0.05) is 6.54 Å². The van der Waals surface area contributed by atoms with E-state index in [0.717, 1.165) is 30.4 Å². The quantitative estimate of drug-likeness (QED) is 0.711. The van der Waals surface area contributed by atoms with Crippen LogP contribution in [0.3, 0.4) is 0 Å². The summed E-state index contributed by atoms with van der Waals surface area (Å²) in [5, 5.41) is 3.45. The van der Waals surface area contributed by atoms with Gasteiger partial charge in [-0.05, 0) is 25.7 Å². The third-order valence-electron chi connectivity index (χ3n) is 3.41. The monoisotopic (exact) mass is 252 g/mol. The largest absolute Gasteiger partial charge is 0.444 e. The zero-order valence-corrected chi connectivity index (χ0v) is 12.6. The van der Waals surface area contributed by atoms with Crippen LogP contribution in [0.5, 0.6) is 0 Å². The number of unbranched alkanes of at least 4 members (excludes halogenated alkanes) is 2. The molecule has 0 aromatic carbocycles. The van der Waals surface area contributed by atoms with E-state index in [1.807, 2.05) is 13.8 Å². The average molecular weight is 252 g/mol. The van der Waals surface area contributed by atoms with E-state index in [0.29, 0.717) is 5.41 Å². The molecule has 1 N–H and O–H groups in total. The van der Waals surface area contributed by atoms with Crippen LogP contribution >= 0.6 is 0 Å². The Balaban J connectivity index is 2.27. The van der Waals surface area contributed by atoms with E-state index in [4.69, 9.17) is 4.42 Å². The standard InChI is InChI=1S/C15H28N2O/c1-6-7-8-9-15(4,5)11-16-10-14-17-12(2)13(3)18-14/h16H,6-11H2,1-5H3. The number of nitrogens with zero attached hydrogens (tertiary/aromatic N) is 1. The Morgan fingerprint density at radius 2 is 1.94 bits per heavy atom. The first kappa shape index (κ1) is 15.2. The molecule has 0 aliphatic rings. The summed E-state index contributed by atoms with van der Waals surface area (Å²) in [6, 6.07) is 0. The van der Waals surface area contributed by atoms with Gasteiger partial charge in [-0.2, -0.15) is 0 Å². The molecule has 0 saturated heterocycles. The Labute approximate surface area is 111 Å². The topological polar surface area (TPSA) is 38.1 Å². The van der Waals surface area contributed by atoms with E-state index in [2.05, 4.69) is 31.1 Å². The molecule has 0 bridgehead atoms. The first-order valence-electron chi connectivity index (χ1n) is 7.08. The highest BCUT2D eigenvalue weighted by molar-refractivity contribution is 5.05. The number of aromatic nitrogens is 1. The molecule has 0 amide bonds. The molecule has 3 heteroatoms. The fourth-order valence-corrected chi connectivity index (χ4v) is 2.06. The SMILES string of the molecule is CCCCCC(C)(C)CNCc1nc(C)c(C)o1. The van der Waals surface area contributed by atoms with Crippen LogP contribution in [0.25, 0.3) is 0 Å². The molecule has 0 atom stereocenters. The van der Waals surface area contributed by atoms with Crippen LogP contribution in [0.4, 0.5) is 0 Å². The number of aryl methyl sites for hydroxylation is 2. The Morgan fingerprint density at radius 1 is 1.22 bits per heavy atom. The lowest BCUT2D eigenvalue weighted by atomic mass is 9.87. The highest BCUT2D eigenvalue weighted by atomic mass is 16.4. The minimum atomic E-state index is 0.353. The van der Waals surface area contributed by atoms with Crippen LogP contribution < -0.4 is 5.32 Å².